The van der Waals surface area contributed by atoms with E-state index >= 15 is 0 Å². The van der Waals surface area contributed by atoms with Gasteiger partial charge in [0.2, 0.25) is 5.88 Å². The molecule has 0 spiro atoms. The standard InChI is InChI=1S/C23H26N3O3P/c1-14-19(12-24)20(11-21(25-14)29-17-3-2-4-17)26-10-9-18-16(13-26)6-5-15(23(18)30)7-8-22(27)28/h5-6,11,17H,2-4,7-10,13,30H2,1H3,(H,27,28). The molecule has 1 aromatic heterocycles. The third kappa shape index (κ3) is 4.13. The van der Waals surface area contributed by atoms with Gasteiger partial charge in [0.1, 0.15) is 12.2 Å². The van der Waals surface area contributed by atoms with Gasteiger partial charge in [-0.1, -0.05) is 12.1 Å². The Labute approximate surface area is 179 Å². The fourth-order valence-electron chi connectivity index (χ4n) is 4.13. The van der Waals surface area contributed by atoms with Crippen molar-refractivity contribution in [1.29, 1.82) is 5.26 Å². The Morgan fingerprint density at radius 3 is 2.90 bits per heavy atom. The molecule has 2 heterocycles. The molecular formula is C23H26N3O3P. The summed E-state index contributed by atoms with van der Waals surface area (Å²) in [5.41, 5.74) is 5.74. The van der Waals surface area contributed by atoms with Crippen molar-refractivity contribution in [2.24, 2.45) is 0 Å². The number of anilines is 1. The summed E-state index contributed by atoms with van der Waals surface area (Å²) < 4.78 is 6.01. The molecule has 1 unspecified atom stereocenters. The van der Waals surface area contributed by atoms with Gasteiger partial charge in [0.15, 0.2) is 0 Å². The van der Waals surface area contributed by atoms with Crippen LogP contribution in [0.5, 0.6) is 5.88 Å². The van der Waals surface area contributed by atoms with Crippen molar-refractivity contribution in [1.82, 2.24) is 4.98 Å². The fourth-order valence-corrected chi connectivity index (χ4v) is 4.70. The molecule has 1 fully saturated rings. The lowest BCUT2D eigenvalue weighted by molar-refractivity contribution is -0.136. The molecule has 30 heavy (non-hydrogen) atoms. The SMILES string of the molecule is Cc1nc(OC2CCC2)cc(N2CCc3c(ccc(CCC(=O)O)c3P)C2)c1C#N. The molecule has 0 radical (unpaired) electrons. The van der Waals surface area contributed by atoms with Gasteiger partial charge in [-0.25, -0.2) is 4.98 Å². The second kappa shape index (κ2) is 8.62. The quantitative estimate of drug-likeness (QED) is 0.718. The lowest BCUT2D eigenvalue weighted by Gasteiger charge is -2.33. The summed E-state index contributed by atoms with van der Waals surface area (Å²) in [5.74, 6) is -0.173. The van der Waals surface area contributed by atoms with E-state index in [0.717, 1.165) is 42.4 Å². The van der Waals surface area contributed by atoms with E-state index in [9.17, 15) is 10.1 Å². The van der Waals surface area contributed by atoms with Crippen molar-refractivity contribution in [3.05, 3.63) is 46.1 Å². The average Bonchev–Trinajstić information content (AvgIpc) is 2.69. The summed E-state index contributed by atoms with van der Waals surface area (Å²) in [6.45, 7) is 3.36. The first-order chi connectivity index (χ1) is 14.5. The van der Waals surface area contributed by atoms with E-state index in [-0.39, 0.29) is 12.5 Å². The number of aryl methyl sites for hydroxylation is 2. The summed E-state index contributed by atoms with van der Waals surface area (Å²) in [5, 5.41) is 19.8. The van der Waals surface area contributed by atoms with Gasteiger partial charge in [-0.05, 0) is 61.0 Å². The van der Waals surface area contributed by atoms with Crippen LogP contribution in [0.25, 0.3) is 0 Å². The van der Waals surface area contributed by atoms with E-state index in [2.05, 4.69) is 31.3 Å². The predicted molar refractivity (Wildman–Crippen MR) is 118 cm³/mol. The van der Waals surface area contributed by atoms with Gasteiger partial charge in [-0.15, -0.1) is 9.24 Å². The zero-order valence-corrected chi connectivity index (χ0v) is 18.3. The molecule has 1 saturated carbocycles. The topological polar surface area (TPSA) is 86.4 Å². The van der Waals surface area contributed by atoms with Crippen molar-refractivity contribution < 1.29 is 14.6 Å². The number of fused-ring (bicyclic) bond motifs is 1. The van der Waals surface area contributed by atoms with Gasteiger partial charge in [-0.2, -0.15) is 5.26 Å². The minimum Gasteiger partial charge on any atom is -0.481 e. The maximum atomic E-state index is 10.9. The lowest BCUT2D eigenvalue weighted by Crippen LogP contribution is -2.34. The molecule has 4 rings (SSSR count). The molecule has 7 heteroatoms. The highest BCUT2D eigenvalue weighted by molar-refractivity contribution is 7.27. The second-order valence-electron chi connectivity index (χ2n) is 8.06. The highest BCUT2D eigenvalue weighted by Crippen LogP contribution is 2.33. The van der Waals surface area contributed by atoms with Crippen molar-refractivity contribution >= 4 is 26.2 Å². The number of pyridine rings is 1. The third-order valence-corrected chi connectivity index (χ3v) is 6.81. The van der Waals surface area contributed by atoms with Crippen molar-refractivity contribution in [3.8, 4) is 11.9 Å². The van der Waals surface area contributed by atoms with Gasteiger partial charge in [0.25, 0.3) is 0 Å². The molecule has 0 amide bonds. The highest BCUT2D eigenvalue weighted by Gasteiger charge is 2.25. The largest absolute Gasteiger partial charge is 0.481 e. The minimum atomic E-state index is -0.777. The number of aliphatic carboxylic acids is 1. The normalized spacial score (nSPS) is 15.8. The molecule has 2 aliphatic rings. The monoisotopic (exact) mass is 423 g/mol. The Morgan fingerprint density at radius 1 is 1.43 bits per heavy atom. The zero-order valence-electron chi connectivity index (χ0n) is 17.1. The molecule has 0 saturated heterocycles. The number of hydrogen-bond acceptors (Lipinski definition) is 5. The smallest absolute Gasteiger partial charge is 0.303 e. The van der Waals surface area contributed by atoms with Gasteiger partial charge >= 0.3 is 5.97 Å². The summed E-state index contributed by atoms with van der Waals surface area (Å²) in [7, 11) is 2.80. The van der Waals surface area contributed by atoms with E-state index in [4.69, 9.17) is 9.84 Å². The van der Waals surface area contributed by atoms with Crippen LogP contribution in [0.3, 0.4) is 0 Å². The Balaban J connectivity index is 1.60. The molecular weight excluding hydrogens is 397 g/mol. The number of nitriles is 1. The van der Waals surface area contributed by atoms with Crippen molar-refractivity contribution in [2.45, 2.75) is 58.1 Å². The number of hydrogen-bond donors (Lipinski definition) is 1. The van der Waals surface area contributed by atoms with Crippen LogP contribution in [-0.2, 0) is 24.2 Å². The van der Waals surface area contributed by atoms with E-state index in [1.807, 2.05) is 19.1 Å². The zero-order chi connectivity index (χ0) is 21.3. The van der Waals surface area contributed by atoms with E-state index < -0.39 is 5.97 Å². The van der Waals surface area contributed by atoms with Crippen LogP contribution in [0.2, 0.25) is 0 Å². The van der Waals surface area contributed by atoms with Gasteiger partial charge in [-0.3, -0.25) is 4.79 Å². The highest BCUT2D eigenvalue weighted by atomic mass is 31.0. The van der Waals surface area contributed by atoms with Crippen LogP contribution >= 0.6 is 9.24 Å². The number of nitrogens with zero attached hydrogens (tertiary/aromatic N) is 3. The molecule has 1 aliphatic heterocycles. The third-order valence-electron chi connectivity index (χ3n) is 6.09. The Morgan fingerprint density at radius 2 is 2.23 bits per heavy atom. The van der Waals surface area contributed by atoms with Crippen molar-refractivity contribution in [3.63, 3.8) is 0 Å². The average molecular weight is 423 g/mol. The fraction of sp³-hybridized carbons (Fsp3) is 0.435. The van der Waals surface area contributed by atoms with Crippen LogP contribution in [0.1, 0.15) is 53.6 Å². The molecule has 6 nitrogen and oxygen atoms in total. The van der Waals surface area contributed by atoms with E-state index in [1.165, 1.54) is 17.5 Å². The number of ether oxygens (including phenoxy) is 1. The van der Waals surface area contributed by atoms with Gasteiger partial charge in [0, 0.05) is 25.6 Å². The van der Waals surface area contributed by atoms with Crippen LogP contribution in [0.15, 0.2) is 18.2 Å². The number of carboxylic acid groups (broad SMARTS) is 1. The number of carbonyl (C=O) groups is 1. The van der Waals surface area contributed by atoms with E-state index in [0.29, 0.717) is 30.1 Å². The molecule has 1 atom stereocenters. The van der Waals surface area contributed by atoms with Gasteiger partial charge in [0.05, 0.1) is 16.9 Å². The maximum Gasteiger partial charge on any atom is 0.303 e. The van der Waals surface area contributed by atoms with Crippen LogP contribution in [-0.4, -0.2) is 28.7 Å². The number of rotatable bonds is 6. The van der Waals surface area contributed by atoms with Gasteiger partial charge < -0.3 is 14.7 Å². The predicted octanol–water partition coefficient (Wildman–Crippen LogP) is 3.27. The molecule has 1 aromatic carbocycles. The first kappa shape index (κ1) is 20.6. The molecule has 0 bridgehead atoms. The van der Waals surface area contributed by atoms with Crippen molar-refractivity contribution in [2.75, 3.05) is 11.4 Å². The summed E-state index contributed by atoms with van der Waals surface area (Å²) in [6.07, 6.45) is 5.08. The van der Waals surface area contributed by atoms with Crippen LogP contribution < -0.4 is 14.9 Å². The summed E-state index contributed by atoms with van der Waals surface area (Å²) >= 11 is 0. The number of aromatic nitrogens is 1. The lowest BCUT2D eigenvalue weighted by atomic mass is 9.94. The van der Waals surface area contributed by atoms with Crippen LogP contribution in [0.4, 0.5) is 5.69 Å². The Hall–Kier alpha value is -2.64. The molecule has 156 valence electrons. The minimum absolute atomic E-state index is 0.137. The molecule has 1 aliphatic carbocycles. The maximum absolute atomic E-state index is 10.9. The Bertz CT molecular complexity index is 1030. The summed E-state index contributed by atoms with van der Waals surface area (Å²) in [6, 6.07) is 8.36. The number of carboxylic acids is 1. The molecule has 1 N–H and O–H groups in total. The second-order valence-corrected chi connectivity index (χ2v) is 8.64. The molecule has 2 aromatic rings. The summed E-state index contributed by atoms with van der Waals surface area (Å²) in [4.78, 5) is 17.7. The first-order valence-corrected chi connectivity index (χ1v) is 11.0. The number of benzene rings is 1. The Kier molecular flexibility index (Phi) is 5.92. The van der Waals surface area contributed by atoms with Crippen LogP contribution in [0, 0.1) is 18.3 Å². The van der Waals surface area contributed by atoms with E-state index in [1.54, 1.807) is 0 Å². The first-order valence-electron chi connectivity index (χ1n) is 10.4.